The summed E-state index contributed by atoms with van der Waals surface area (Å²) in [4.78, 5) is 5.85. The Morgan fingerprint density at radius 3 is 2.37 bits per heavy atom. The van der Waals surface area contributed by atoms with Crippen molar-refractivity contribution in [2.45, 2.75) is 0 Å². The second kappa shape index (κ2) is 7.80. The normalized spacial score (nSPS) is 11.5. The topological polar surface area (TPSA) is 46.3 Å². The number of aromatic amines is 1. The van der Waals surface area contributed by atoms with Gasteiger partial charge >= 0.3 is 0 Å². The Hall–Kier alpha value is -2.86. The number of hydrogen-bond acceptors (Lipinski definition) is 4. The van der Waals surface area contributed by atoms with Crippen molar-refractivity contribution in [2.75, 3.05) is 32.1 Å². The van der Waals surface area contributed by atoms with E-state index in [0.717, 1.165) is 13.1 Å². The first-order valence-electron chi connectivity index (χ1n) is 9.24. The number of rotatable bonds is 7. The number of nitrogens with zero attached hydrogens (tertiary/aromatic N) is 2. The van der Waals surface area contributed by atoms with Gasteiger partial charge in [-0.3, -0.25) is 0 Å². The van der Waals surface area contributed by atoms with Gasteiger partial charge in [0.1, 0.15) is 0 Å². The predicted octanol–water partition coefficient (Wildman–Crippen LogP) is 4.03. The molecule has 4 rings (SSSR count). The summed E-state index contributed by atoms with van der Waals surface area (Å²) in [7, 11) is 3.86. The Labute approximate surface area is 159 Å². The van der Waals surface area contributed by atoms with Crippen LogP contribution < -0.4 is 15.8 Å². The van der Waals surface area contributed by atoms with Crippen LogP contribution in [0.3, 0.4) is 0 Å². The van der Waals surface area contributed by atoms with Gasteiger partial charge in [0.05, 0.1) is 0 Å². The highest BCUT2D eigenvalue weighted by Crippen LogP contribution is 2.32. The fraction of sp³-hybridized carbons (Fsp3) is 0.182. The first-order chi connectivity index (χ1) is 13.3. The first kappa shape index (κ1) is 17.5. The minimum Gasteiger partial charge on any atom is -0.355 e. The number of hydrazine groups is 2. The summed E-state index contributed by atoms with van der Waals surface area (Å²) < 4.78 is 0. The molecule has 5 nitrogen and oxygen atoms in total. The van der Waals surface area contributed by atoms with E-state index in [1.807, 2.05) is 19.2 Å². The van der Waals surface area contributed by atoms with Crippen molar-refractivity contribution in [2.24, 2.45) is 0 Å². The lowest BCUT2D eigenvalue weighted by molar-refractivity contribution is 0.175. The summed E-state index contributed by atoms with van der Waals surface area (Å²) in [5.41, 5.74) is 11.1. The zero-order chi connectivity index (χ0) is 18.6. The van der Waals surface area contributed by atoms with Crippen molar-refractivity contribution in [1.29, 1.82) is 0 Å². The van der Waals surface area contributed by atoms with Crippen molar-refractivity contribution >= 4 is 33.2 Å². The van der Waals surface area contributed by atoms with Crippen LogP contribution in [0.4, 0.5) is 11.4 Å². The number of para-hydroxylation sites is 2. The van der Waals surface area contributed by atoms with Gasteiger partial charge < -0.3 is 9.88 Å². The molecule has 4 aromatic rings. The van der Waals surface area contributed by atoms with Crippen LogP contribution in [0, 0.1) is 0 Å². The molecule has 3 N–H and O–H groups in total. The Kier molecular flexibility index (Phi) is 5.07. The van der Waals surface area contributed by atoms with Crippen LogP contribution in [-0.4, -0.2) is 37.3 Å². The molecule has 0 spiro atoms. The van der Waals surface area contributed by atoms with Crippen molar-refractivity contribution in [3.63, 3.8) is 0 Å². The molecule has 138 valence electrons. The van der Waals surface area contributed by atoms with Crippen LogP contribution in [-0.2, 0) is 0 Å². The molecule has 0 aliphatic rings. The molecule has 0 unspecified atom stereocenters. The molecule has 5 heteroatoms. The van der Waals surface area contributed by atoms with Crippen molar-refractivity contribution in [3.8, 4) is 0 Å². The van der Waals surface area contributed by atoms with Gasteiger partial charge in [-0.2, -0.15) is 5.12 Å². The molecule has 0 atom stereocenters. The highest BCUT2D eigenvalue weighted by Gasteiger charge is 2.12. The first-order valence-corrected chi connectivity index (χ1v) is 9.24. The third-order valence-corrected chi connectivity index (χ3v) is 4.89. The monoisotopic (exact) mass is 359 g/mol. The van der Waals surface area contributed by atoms with Crippen LogP contribution in [0.1, 0.15) is 0 Å². The van der Waals surface area contributed by atoms with Gasteiger partial charge in [-0.25, -0.2) is 10.9 Å². The van der Waals surface area contributed by atoms with E-state index in [0.29, 0.717) is 0 Å². The maximum atomic E-state index is 3.50. The highest BCUT2D eigenvalue weighted by molar-refractivity contribution is 6.08. The Morgan fingerprint density at radius 2 is 1.56 bits per heavy atom. The van der Waals surface area contributed by atoms with Gasteiger partial charge in [0, 0.05) is 60.4 Å². The zero-order valence-corrected chi connectivity index (χ0v) is 15.7. The van der Waals surface area contributed by atoms with E-state index in [1.165, 1.54) is 33.2 Å². The molecule has 0 aliphatic heterocycles. The van der Waals surface area contributed by atoms with Crippen molar-refractivity contribution in [1.82, 2.24) is 21.0 Å². The number of anilines is 2. The molecule has 0 saturated carbocycles. The largest absolute Gasteiger partial charge is 0.355 e. The third-order valence-electron chi connectivity index (χ3n) is 4.89. The maximum absolute atomic E-state index is 3.50. The highest BCUT2D eigenvalue weighted by atomic mass is 15.7. The van der Waals surface area contributed by atoms with E-state index in [9.17, 15) is 0 Å². The molecule has 0 amide bonds. The number of benzene rings is 3. The summed E-state index contributed by atoms with van der Waals surface area (Å²) in [6.07, 6.45) is 0. The van der Waals surface area contributed by atoms with Gasteiger partial charge in [0.2, 0.25) is 0 Å². The molecule has 0 bridgehead atoms. The SMILES string of the molecule is CNN(C)NCCN(c1ccccc1)c1ccc2[nH]c3ccccc3c2c1. The standard InChI is InChI=1S/C22H25N5/c1-23-26(2)24-14-15-27(17-8-4-3-5-9-17)18-12-13-22-20(16-18)19-10-6-7-11-21(19)25-22/h3-13,16,23-25H,14-15H2,1-2H3. The van der Waals surface area contributed by atoms with Gasteiger partial charge in [-0.15, -0.1) is 0 Å². The number of H-pyrrole nitrogens is 1. The average molecular weight is 359 g/mol. The Bertz CT molecular complexity index is 1020. The van der Waals surface area contributed by atoms with E-state index >= 15 is 0 Å². The predicted molar refractivity (Wildman–Crippen MR) is 114 cm³/mol. The van der Waals surface area contributed by atoms with Gasteiger partial charge in [-0.1, -0.05) is 36.4 Å². The van der Waals surface area contributed by atoms with E-state index in [1.54, 1.807) is 0 Å². The summed E-state index contributed by atoms with van der Waals surface area (Å²) in [5, 5.41) is 4.38. The molecule has 3 aromatic carbocycles. The lowest BCUT2D eigenvalue weighted by atomic mass is 10.1. The molecule has 0 radical (unpaired) electrons. The molecule has 1 aromatic heterocycles. The van der Waals surface area contributed by atoms with E-state index in [2.05, 4.69) is 93.5 Å². The number of nitrogens with one attached hydrogen (secondary N) is 3. The molecule has 0 fully saturated rings. The van der Waals surface area contributed by atoms with E-state index < -0.39 is 0 Å². The fourth-order valence-electron chi connectivity index (χ4n) is 3.43. The molecule has 0 saturated heterocycles. The summed E-state index contributed by atoms with van der Waals surface area (Å²) >= 11 is 0. The van der Waals surface area contributed by atoms with Crippen LogP contribution >= 0.6 is 0 Å². The summed E-state index contributed by atoms with van der Waals surface area (Å²) in [6, 6.07) is 25.6. The van der Waals surface area contributed by atoms with Crippen LogP contribution in [0.2, 0.25) is 0 Å². The number of aromatic nitrogens is 1. The van der Waals surface area contributed by atoms with E-state index in [-0.39, 0.29) is 0 Å². The fourth-order valence-corrected chi connectivity index (χ4v) is 3.43. The summed E-state index contributed by atoms with van der Waals surface area (Å²) in [5.74, 6) is 0. The van der Waals surface area contributed by atoms with Gasteiger partial charge in [0.25, 0.3) is 0 Å². The quantitative estimate of drug-likeness (QED) is 0.436. The van der Waals surface area contributed by atoms with Crippen molar-refractivity contribution in [3.05, 3.63) is 72.8 Å². The van der Waals surface area contributed by atoms with Gasteiger partial charge in [-0.05, 0) is 36.4 Å². The van der Waals surface area contributed by atoms with Crippen LogP contribution in [0.25, 0.3) is 21.8 Å². The average Bonchev–Trinajstić information content (AvgIpc) is 3.09. The Balaban J connectivity index is 1.71. The number of hydrogen-bond donors (Lipinski definition) is 3. The van der Waals surface area contributed by atoms with Crippen LogP contribution in [0.5, 0.6) is 0 Å². The molecule has 0 aliphatic carbocycles. The number of fused-ring (bicyclic) bond motifs is 3. The zero-order valence-electron chi connectivity index (χ0n) is 15.7. The minimum atomic E-state index is 0.818. The summed E-state index contributed by atoms with van der Waals surface area (Å²) in [6.45, 7) is 1.67. The molecule has 1 heterocycles. The van der Waals surface area contributed by atoms with E-state index in [4.69, 9.17) is 0 Å². The third kappa shape index (κ3) is 3.66. The second-order valence-corrected chi connectivity index (χ2v) is 6.58. The molecular formula is C22H25N5. The lowest BCUT2D eigenvalue weighted by Gasteiger charge is -2.27. The smallest absolute Gasteiger partial charge is 0.0466 e. The maximum Gasteiger partial charge on any atom is 0.0466 e. The molecular weight excluding hydrogens is 334 g/mol. The minimum absolute atomic E-state index is 0.818. The van der Waals surface area contributed by atoms with Crippen molar-refractivity contribution < 1.29 is 0 Å². The molecule has 27 heavy (non-hydrogen) atoms. The second-order valence-electron chi connectivity index (χ2n) is 6.58. The lowest BCUT2D eigenvalue weighted by Crippen LogP contribution is -2.45. The Morgan fingerprint density at radius 1 is 0.815 bits per heavy atom. The van der Waals surface area contributed by atoms with Gasteiger partial charge in [0.15, 0.2) is 0 Å². The van der Waals surface area contributed by atoms with Crippen LogP contribution in [0.15, 0.2) is 72.8 Å².